The van der Waals surface area contributed by atoms with Gasteiger partial charge in [0, 0.05) is 23.6 Å². The highest BCUT2D eigenvalue weighted by atomic mass is 35.5. The highest BCUT2D eigenvalue weighted by Gasteiger charge is 2.45. The predicted molar refractivity (Wildman–Crippen MR) is 112 cm³/mol. The number of hydrogen-bond donors (Lipinski definition) is 4. The fraction of sp³-hybridized carbons (Fsp3) is 0.350. The third-order valence-corrected chi connectivity index (χ3v) is 5.52. The minimum Gasteiger partial charge on any atom is -0.461 e. The summed E-state index contributed by atoms with van der Waals surface area (Å²) in [4.78, 5) is 23.2. The summed E-state index contributed by atoms with van der Waals surface area (Å²) < 4.78 is 10.9. The van der Waals surface area contributed by atoms with Gasteiger partial charge in [-0.2, -0.15) is 0 Å². The lowest BCUT2D eigenvalue weighted by molar-refractivity contribution is -0.384. The first-order valence-corrected chi connectivity index (χ1v) is 10.1. The van der Waals surface area contributed by atoms with E-state index in [0.717, 1.165) is 6.07 Å². The third kappa shape index (κ3) is 5.18. The van der Waals surface area contributed by atoms with E-state index in [0.29, 0.717) is 5.56 Å². The number of ether oxygens (including phenoxy) is 2. The zero-order valence-electron chi connectivity index (χ0n) is 16.3. The van der Waals surface area contributed by atoms with Gasteiger partial charge in [0.25, 0.3) is 5.69 Å². The van der Waals surface area contributed by atoms with Gasteiger partial charge in [0.05, 0.1) is 22.1 Å². The van der Waals surface area contributed by atoms with E-state index in [1.165, 1.54) is 30.3 Å². The van der Waals surface area contributed by atoms with Crippen LogP contribution in [0.2, 0.25) is 10.0 Å². The zero-order valence-corrected chi connectivity index (χ0v) is 17.8. The number of halogens is 2. The van der Waals surface area contributed by atoms with Gasteiger partial charge in [-0.05, 0) is 23.8 Å². The Hall–Kier alpha value is -2.31. The highest BCUT2D eigenvalue weighted by Crippen LogP contribution is 2.30. The van der Waals surface area contributed by atoms with Crippen LogP contribution in [-0.2, 0) is 11.2 Å². The number of rotatable bonds is 7. The molecule has 10 nitrogen and oxygen atoms in total. The van der Waals surface area contributed by atoms with Gasteiger partial charge in [-0.3, -0.25) is 14.9 Å². The van der Waals surface area contributed by atoms with E-state index in [1.807, 2.05) is 0 Å². The Kier molecular flexibility index (Phi) is 7.67. The van der Waals surface area contributed by atoms with Gasteiger partial charge in [-0.15, -0.1) is 0 Å². The standard InChI is InChI=1S/C20H19Cl2NO9/c21-10-2-4-15(31-20-19(28)18(27)17(26)16(8-24)32-20)12(6-10)14(25)5-9-1-3-11(23(29)30)7-13(9)22/h1-4,6-7,16-20,24,26-28H,5,8H2. The molecule has 4 N–H and O–H groups in total. The number of nitro groups is 1. The maximum absolute atomic E-state index is 13.0. The van der Waals surface area contributed by atoms with Crippen LogP contribution in [0.4, 0.5) is 5.69 Å². The molecule has 2 aromatic carbocycles. The first-order valence-electron chi connectivity index (χ1n) is 9.35. The van der Waals surface area contributed by atoms with Crippen LogP contribution in [0, 0.1) is 10.1 Å². The van der Waals surface area contributed by atoms with Crippen LogP contribution in [0.25, 0.3) is 0 Å². The van der Waals surface area contributed by atoms with Gasteiger partial charge in [-0.25, -0.2) is 0 Å². The SMILES string of the molecule is O=C(Cc1ccc([N+](=O)[O-])cc1Cl)c1cc(Cl)ccc1OC1OC(CO)C(O)C(O)C1O. The van der Waals surface area contributed by atoms with Crippen molar-refractivity contribution < 1.29 is 39.6 Å². The molecule has 3 rings (SSSR count). The van der Waals surface area contributed by atoms with Crippen molar-refractivity contribution in [2.45, 2.75) is 37.1 Å². The Balaban J connectivity index is 1.85. The van der Waals surface area contributed by atoms with Crippen LogP contribution in [0.1, 0.15) is 15.9 Å². The summed E-state index contributed by atoms with van der Waals surface area (Å²) in [5.41, 5.74) is 0.116. The fourth-order valence-electron chi connectivity index (χ4n) is 3.17. The number of nitro benzene ring substituents is 1. The summed E-state index contributed by atoms with van der Waals surface area (Å²) in [7, 11) is 0. The number of Topliss-reactive ketones (excluding diaryl/α,β-unsaturated/α-hetero) is 1. The third-order valence-electron chi connectivity index (χ3n) is 4.93. The number of non-ortho nitro benzene ring substituents is 1. The van der Waals surface area contributed by atoms with Crippen molar-refractivity contribution in [3.05, 3.63) is 67.7 Å². The fourth-order valence-corrected chi connectivity index (χ4v) is 3.59. The molecule has 1 aliphatic heterocycles. The lowest BCUT2D eigenvalue weighted by Crippen LogP contribution is -2.60. The van der Waals surface area contributed by atoms with Crippen LogP contribution >= 0.6 is 23.2 Å². The highest BCUT2D eigenvalue weighted by molar-refractivity contribution is 6.32. The molecule has 0 bridgehead atoms. The molecule has 172 valence electrons. The summed E-state index contributed by atoms with van der Waals surface area (Å²) in [6.07, 6.45) is -7.82. The van der Waals surface area contributed by atoms with Crippen molar-refractivity contribution in [3.63, 3.8) is 0 Å². The normalized spacial score (nSPS) is 25.4. The predicted octanol–water partition coefficient (Wildman–Crippen LogP) is 1.51. The maximum Gasteiger partial charge on any atom is 0.270 e. The quantitative estimate of drug-likeness (QED) is 0.257. The molecule has 0 amide bonds. The van der Waals surface area contributed by atoms with E-state index < -0.39 is 48.0 Å². The number of aliphatic hydroxyl groups is 4. The zero-order chi connectivity index (χ0) is 23.6. The Morgan fingerprint density at radius 1 is 1.09 bits per heavy atom. The summed E-state index contributed by atoms with van der Waals surface area (Å²) in [6.45, 7) is -0.643. The van der Waals surface area contributed by atoms with Crippen molar-refractivity contribution in [2.75, 3.05) is 6.61 Å². The molecular formula is C20H19Cl2NO9. The van der Waals surface area contributed by atoms with Crippen molar-refractivity contribution in [1.29, 1.82) is 0 Å². The first-order chi connectivity index (χ1) is 15.1. The lowest BCUT2D eigenvalue weighted by Gasteiger charge is -2.39. The van der Waals surface area contributed by atoms with Crippen LogP contribution in [-0.4, -0.2) is 68.4 Å². The number of carbonyl (C=O) groups is 1. The molecule has 5 atom stereocenters. The van der Waals surface area contributed by atoms with Crippen LogP contribution in [0.5, 0.6) is 5.75 Å². The average Bonchev–Trinajstić information content (AvgIpc) is 2.76. The van der Waals surface area contributed by atoms with E-state index in [-0.39, 0.29) is 33.5 Å². The average molecular weight is 488 g/mol. The molecule has 0 saturated carbocycles. The first kappa shape index (κ1) is 24.3. The second-order valence-electron chi connectivity index (χ2n) is 7.09. The van der Waals surface area contributed by atoms with Crippen LogP contribution < -0.4 is 4.74 Å². The van der Waals surface area contributed by atoms with E-state index in [1.54, 1.807) is 0 Å². The molecule has 32 heavy (non-hydrogen) atoms. The smallest absolute Gasteiger partial charge is 0.270 e. The molecule has 1 fully saturated rings. The molecule has 5 unspecified atom stereocenters. The molecule has 1 aliphatic rings. The number of carbonyl (C=O) groups excluding carboxylic acids is 1. The molecule has 12 heteroatoms. The summed E-state index contributed by atoms with van der Waals surface area (Å²) in [5.74, 6) is -0.537. The molecule has 0 spiro atoms. The van der Waals surface area contributed by atoms with Gasteiger partial charge in [0.2, 0.25) is 6.29 Å². The van der Waals surface area contributed by atoms with E-state index in [4.69, 9.17) is 32.7 Å². The van der Waals surface area contributed by atoms with Crippen molar-refractivity contribution in [3.8, 4) is 5.75 Å². The molecule has 0 radical (unpaired) electrons. The van der Waals surface area contributed by atoms with Crippen molar-refractivity contribution >= 4 is 34.7 Å². The van der Waals surface area contributed by atoms with Gasteiger partial charge in [0.1, 0.15) is 30.2 Å². The Labute approximate surface area is 191 Å². The minimum absolute atomic E-state index is 0.00359. The second kappa shape index (κ2) is 10.1. The van der Waals surface area contributed by atoms with Crippen molar-refractivity contribution in [2.24, 2.45) is 0 Å². The number of hydrogen-bond acceptors (Lipinski definition) is 9. The number of benzene rings is 2. The second-order valence-corrected chi connectivity index (χ2v) is 7.93. The molecule has 1 saturated heterocycles. The molecule has 0 aromatic heterocycles. The number of ketones is 1. The van der Waals surface area contributed by atoms with Gasteiger partial charge < -0.3 is 29.9 Å². The van der Waals surface area contributed by atoms with E-state index >= 15 is 0 Å². The summed E-state index contributed by atoms with van der Waals surface area (Å²) >= 11 is 12.1. The Morgan fingerprint density at radius 3 is 2.44 bits per heavy atom. The summed E-state index contributed by atoms with van der Waals surface area (Å²) in [5, 5.41) is 50.4. The van der Waals surface area contributed by atoms with E-state index in [2.05, 4.69) is 0 Å². The van der Waals surface area contributed by atoms with Gasteiger partial charge >= 0.3 is 0 Å². The Bertz CT molecular complexity index is 1020. The molecule has 0 aliphatic carbocycles. The maximum atomic E-state index is 13.0. The molecule has 2 aromatic rings. The summed E-state index contributed by atoms with van der Waals surface area (Å²) in [6, 6.07) is 7.82. The topological polar surface area (TPSA) is 160 Å². The van der Waals surface area contributed by atoms with E-state index in [9.17, 15) is 35.3 Å². The lowest BCUT2D eigenvalue weighted by atomic mass is 9.99. The molecular weight excluding hydrogens is 469 g/mol. The Morgan fingerprint density at radius 2 is 1.81 bits per heavy atom. The number of nitrogens with zero attached hydrogens (tertiary/aromatic N) is 1. The molecule has 1 heterocycles. The van der Waals surface area contributed by atoms with Crippen LogP contribution in [0.3, 0.4) is 0 Å². The van der Waals surface area contributed by atoms with Crippen molar-refractivity contribution in [1.82, 2.24) is 0 Å². The van der Waals surface area contributed by atoms with Gasteiger partial charge in [-0.1, -0.05) is 29.3 Å². The monoisotopic (exact) mass is 487 g/mol. The number of aliphatic hydroxyl groups excluding tert-OH is 4. The van der Waals surface area contributed by atoms with Gasteiger partial charge in [0.15, 0.2) is 5.78 Å². The largest absolute Gasteiger partial charge is 0.461 e. The van der Waals surface area contributed by atoms with Crippen LogP contribution in [0.15, 0.2) is 36.4 Å². The minimum atomic E-state index is -1.67.